The Balaban J connectivity index is 1.94. The fourth-order valence-electron chi connectivity index (χ4n) is 3.68. The third-order valence-corrected chi connectivity index (χ3v) is 6.64. The second kappa shape index (κ2) is 6.13. The van der Waals surface area contributed by atoms with Crippen LogP contribution in [0.4, 0.5) is 0 Å². The van der Waals surface area contributed by atoms with Crippen molar-refractivity contribution in [3.63, 3.8) is 0 Å². The average Bonchev–Trinajstić information content (AvgIpc) is 3.16. The molecular weight excluding hydrogens is 318 g/mol. The first-order valence-corrected chi connectivity index (χ1v) is 9.27. The second-order valence-electron chi connectivity index (χ2n) is 5.93. The van der Waals surface area contributed by atoms with Gasteiger partial charge in [-0.05, 0) is 56.4 Å². The summed E-state index contributed by atoms with van der Waals surface area (Å²) >= 11 is 0. The lowest BCUT2D eigenvalue weighted by molar-refractivity contribution is -0.149. The van der Waals surface area contributed by atoms with Crippen LogP contribution in [0.1, 0.15) is 26.2 Å². The van der Waals surface area contributed by atoms with E-state index in [2.05, 4.69) is 0 Å². The van der Waals surface area contributed by atoms with Crippen LogP contribution in [0.25, 0.3) is 0 Å². The number of methoxy groups -OCH3 is 1. The highest BCUT2D eigenvalue weighted by molar-refractivity contribution is 7.89. The summed E-state index contributed by atoms with van der Waals surface area (Å²) in [5, 5.41) is 0. The molecule has 0 unspecified atom stereocenters. The molecule has 2 fully saturated rings. The number of hydrogen-bond donors (Lipinski definition) is 0. The van der Waals surface area contributed by atoms with Crippen LogP contribution in [0.2, 0.25) is 0 Å². The highest BCUT2D eigenvalue weighted by Gasteiger charge is 2.55. The van der Waals surface area contributed by atoms with Crippen LogP contribution in [0.5, 0.6) is 5.75 Å². The van der Waals surface area contributed by atoms with Crippen LogP contribution in [-0.4, -0.2) is 44.5 Å². The largest absolute Gasteiger partial charge is 0.497 e. The van der Waals surface area contributed by atoms with Gasteiger partial charge in [0.2, 0.25) is 10.0 Å². The van der Waals surface area contributed by atoms with Gasteiger partial charge in [0, 0.05) is 6.04 Å². The van der Waals surface area contributed by atoms with Gasteiger partial charge >= 0.3 is 5.97 Å². The van der Waals surface area contributed by atoms with Crippen molar-refractivity contribution < 1.29 is 22.7 Å². The Hall–Kier alpha value is -1.60. The molecule has 0 radical (unpaired) electrons. The first kappa shape index (κ1) is 16.3. The van der Waals surface area contributed by atoms with Crippen LogP contribution in [0.15, 0.2) is 29.2 Å². The lowest BCUT2D eigenvalue weighted by atomic mass is 10.0. The molecule has 0 N–H and O–H groups in total. The fraction of sp³-hybridized carbons (Fsp3) is 0.562. The number of carbonyl (C=O) groups is 1. The van der Waals surface area contributed by atoms with E-state index in [0.29, 0.717) is 5.75 Å². The Morgan fingerprint density at radius 2 is 1.96 bits per heavy atom. The van der Waals surface area contributed by atoms with Gasteiger partial charge in [-0.1, -0.05) is 0 Å². The summed E-state index contributed by atoms with van der Waals surface area (Å²) in [6.45, 7) is 1.98. The zero-order valence-corrected chi connectivity index (χ0v) is 14.1. The van der Waals surface area contributed by atoms with Crippen LogP contribution in [-0.2, 0) is 19.6 Å². The summed E-state index contributed by atoms with van der Waals surface area (Å²) < 4.78 is 37.6. The molecule has 126 valence electrons. The molecule has 0 amide bonds. The summed E-state index contributed by atoms with van der Waals surface area (Å²) in [5.74, 6) is 0.220. The van der Waals surface area contributed by atoms with Crippen molar-refractivity contribution in [2.24, 2.45) is 5.92 Å². The number of rotatable bonds is 5. The maximum atomic E-state index is 13.0. The highest BCUT2D eigenvalue weighted by atomic mass is 32.2. The van der Waals surface area contributed by atoms with Gasteiger partial charge in [-0.15, -0.1) is 0 Å². The topological polar surface area (TPSA) is 72.9 Å². The van der Waals surface area contributed by atoms with Gasteiger partial charge in [0.05, 0.1) is 18.6 Å². The van der Waals surface area contributed by atoms with E-state index in [4.69, 9.17) is 9.47 Å². The molecule has 1 aromatic carbocycles. The van der Waals surface area contributed by atoms with Gasteiger partial charge in [0.1, 0.15) is 11.8 Å². The highest BCUT2D eigenvalue weighted by Crippen LogP contribution is 2.45. The van der Waals surface area contributed by atoms with E-state index in [0.717, 1.165) is 19.3 Å². The van der Waals surface area contributed by atoms with E-state index >= 15 is 0 Å². The number of hydrogen-bond acceptors (Lipinski definition) is 5. The van der Waals surface area contributed by atoms with Gasteiger partial charge in [-0.25, -0.2) is 8.42 Å². The molecule has 0 aromatic heterocycles. The average molecular weight is 339 g/mol. The lowest BCUT2D eigenvalue weighted by Crippen LogP contribution is -2.49. The summed E-state index contributed by atoms with van der Waals surface area (Å²) in [6.07, 6.45) is 2.41. The summed E-state index contributed by atoms with van der Waals surface area (Å²) in [7, 11) is -2.20. The number of piperidine rings is 1. The Morgan fingerprint density at radius 3 is 2.57 bits per heavy atom. The van der Waals surface area contributed by atoms with E-state index in [1.807, 2.05) is 0 Å². The lowest BCUT2D eigenvalue weighted by Gasteiger charge is -2.32. The van der Waals surface area contributed by atoms with Crippen molar-refractivity contribution in [1.29, 1.82) is 0 Å². The third kappa shape index (κ3) is 2.72. The van der Waals surface area contributed by atoms with E-state index in [-0.39, 0.29) is 23.5 Å². The quantitative estimate of drug-likeness (QED) is 0.765. The minimum Gasteiger partial charge on any atom is -0.497 e. The van der Waals surface area contributed by atoms with Crippen molar-refractivity contribution in [2.45, 2.75) is 43.2 Å². The van der Waals surface area contributed by atoms with Crippen LogP contribution >= 0.6 is 0 Å². The summed E-state index contributed by atoms with van der Waals surface area (Å²) in [6, 6.07) is 5.45. The van der Waals surface area contributed by atoms with Gasteiger partial charge in [0.15, 0.2) is 0 Å². The molecule has 0 spiro atoms. The molecule has 1 heterocycles. The van der Waals surface area contributed by atoms with Crippen LogP contribution in [0.3, 0.4) is 0 Å². The molecule has 6 nitrogen and oxygen atoms in total. The smallest absolute Gasteiger partial charge is 0.324 e. The van der Waals surface area contributed by atoms with Crippen molar-refractivity contribution in [2.75, 3.05) is 13.7 Å². The molecule has 23 heavy (non-hydrogen) atoms. The molecule has 3 atom stereocenters. The van der Waals surface area contributed by atoms with E-state index in [1.165, 1.54) is 23.5 Å². The first-order valence-electron chi connectivity index (χ1n) is 7.83. The summed E-state index contributed by atoms with van der Waals surface area (Å²) in [5.41, 5.74) is 0. The molecule has 1 saturated heterocycles. The third-order valence-electron chi connectivity index (χ3n) is 4.69. The minimum atomic E-state index is -3.73. The summed E-state index contributed by atoms with van der Waals surface area (Å²) in [4.78, 5) is 12.5. The number of nitrogens with zero attached hydrogens (tertiary/aromatic N) is 1. The maximum Gasteiger partial charge on any atom is 0.324 e. The van der Waals surface area contributed by atoms with E-state index in [1.54, 1.807) is 19.1 Å². The Morgan fingerprint density at radius 1 is 1.26 bits per heavy atom. The molecule has 1 aliphatic heterocycles. The number of carbonyl (C=O) groups excluding carboxylic acids is 1. The van der Waals surface area contributed by atoms with Crippen molar-refractivity contribution in [3.8, 4) is 5.75 Å². The Bertz CT molecular complexity index is 685. The zero-order chi connectivity index (χ0) is 16.6. The van der Waals surface area contributed by atoms with E-state index in [9.17, 15) is 13.2 Å². The van der Waals surface area contributed by atoms with Crippen LogP contribution < -0.4 is 4.74 Å². The molecule has 1 aromatic rings. The molecule has 2 aliphatic rings. The maximum absolute atomic E-state index is 13.0. The fourth-order valence-corrected chi connectivity index (χ4v) is 5.55. The van der Waals surface area contributed by atoms with Crippen molar-refractivity contribution in [3.05, 3.63) is 24.3 Å². The molecule has 7 heteroatoms. The minimum absolute atomic E-state index is 0.0621. The SMILES string of the molecule is CCOC(=O)[C@@H]1[C@H]2CC[C@H](C2)N1S(=O)(=O)c1ccc(OC)cc1. The van der Waals surface area contributed by atoms with Crippen molar-refractivity contribution >= 4 is 16.0 Å². The predicted molar refractivity (Wildman–Crippen MR) is 83.6 cm³/mol. The van der Waals surface area contributed by atoms with Gasteiger partial charge < -0.3 is 9.47 Å². The number of fused-ring (bicyclic) bond motifs is 2. The number of benzene rings is 1. The number of esters is 1. The number of ether oxygens (including phenoxy) is 2. The monoisotopic (exact) mass is 339 g/mol. The zero-order valence-electron chi connectivity index (χ0n) is 13.3. The van der Waals surface area contributed by atoms with Crippen LogP contribution in [0, 0.1) is 5.92 Å². The Labute approximate surface area is 136 Å². The standard InChI is InChI=1S/C16H21NO5S/c1-3-22-16(18)15-11-4-5-12(10-11)17(15)23(19,20)14-8-6-13(21-2)7-9-14/h6-9,11-12,15H,3-5,10H2,1-2H3/t11-,12+,15-/m0/s1. The van der Waals surface area contributed by atoms with Gasteiger partial charge in [0.25, 0.3) is 0 Å². The first-order chi connectivity index (χ1) is 11.0. The van der Waals surface area contributed by atoms with Gasteiger partial charge in [-0.3, -0.25) is 4.79 Å². The molecular formula is C16H21NO5S. The predicted octanol–water partition coefficient (Wildman–Crippen LogP) is 1.80. The molecule has 3 rings (SSSR count). The molecule has 2 bridgehead atoms. The second-order valence-corrected chi connectivity index (χ2v) is 7.78. The van der Waals surface area contributed by atoms with Gasteiger partial charge in [-0.2, -0.15) is 4.31 Å². The van der Waals surface area contributed by atoms with Crippen molar-refractivity contribution in [1.82, 2.24) is 4.31 Å². The number of sulfonamides is 1. The normalized spacial score (nSPS) is 27.1. The van der Waals surface area contributed by atoms with E-state index < -0.39 is 22.0 Å². The molecule has 1 aliphatic carbocycles. The molecule has 1 saturated carbocycles. The Kier molecular flexibility index (Phi) is 4.33.